The van der Waals surface area contributed by atoms with Crippen LogP contribution >= 0.6 is 43.5 Å². The maximum absolute atomic E-state index is 14.4. The summed E-state index contributed by atoms with van der Waals surface area (Å²) in [6.07, 6.45) is -0.551. The van der Waals surface area contributed by atoms with Crippen molar-refractivity contribution >= 4 is 55.3 Å². The lowest BCUT2D eigenvalue weighted by molar-refractivity contribution is -0.149. The van der Waals surface area contributed by atoms with Crippen LogP contribution in [0.5, 0.6) is 11.5 Å². The molecule has 0 saturated heterocycles. The van der Waals surface area contributed by atoms with Gasteiger partial charge in [-0.1, -0.05) is 81.8 Å². The van der Waals surface area contributed by atoms with Gasteiger partial charge in [0.15, 0.2) is 0 Å². The number of esters is 1. The van der Waals surface area contributed by atoms with Gasteiger partial charge in [-0.15, -0.1) is 0 Å². The van der Waals surface area contributed by atoms with E-state index in [0.29, 0.717) is 26.8 Å². The third kappa shape index (κ3) is 10.2. The minimum atomic E-state index is -3.03. The second-order valence-electron chi connectivity index (χ2n) is 14.4. The molecule has 0 N–H and O–H groups in total. The number of allylic oxidation sites excluding steroid dienone is 1. The van der Waals surface area contributed by atoms with Crippen molar-refractivity contribution in [2.45, 2.75) is 71.6 Å². The molecule has 2 saturated carbocycles. The fourth-order valence-corrected chi connectivity index (χ4v) is 7.29. The van der Waals surface area contributed by atoms with E-state index in [2.05, 4.69) is 43.0 Å². The first-order valence-corrected chi connectivity index (χ1v) is 19.5. The molecule has 0 unspecified atom stereocenters. The summed E-state index contributed by atoms with van der Waals surface area (Å²) < 4.78 is 53.8. The monoisotopic (exact) mass is 902 g/mol. The first-order chi connectivity index (χ1) is 26.0. The number of hydrogen-bond donors (Lipinski definition) is 0. The smallest absolute Gasteiger partial charge is 0.311 e. The number of amides is 1. The number of hydrogen-bond acceptors (Lipinski definition) is 6. The van der Waals surface area contributed by atoms with Gasteiger partial charge in [-0.05, 0) is 109 Å². The zero-order valence-electron chi connectivity index (χ0n) is 30.8. The lowest BCUT2D eigenvalue weighted by Crippen LogP contribution is -2.34. The minimum Gasteiger partial charge on any atom is -0.457 e. The number of para-hydroxylation sites is 1. The number of nitriles is 1. The van der Waals surface area contributed by atoms with E-state index in [4.69, 9.17) is 21.1 Å². The Labute approximate surface area is 340 Å². The predicted molar refractivity (Wildman–Crippen MR) is 211 cm³/mol. The number of carbonyl (C=O) groups excluding carboxylic acids is 2. The molecule has 55 heavy (non-hydrogen) atoms. The van der Waals surface area contributed by atoms with Gasteiger partial charge in [0, 0.05) is 30.2 Å². The van der Waals surface area contributed by atoms with Crippen molar-refractivity contribution in [2.75, 3.05) is 0 Å². The standard InChI is InChI=1S/C22H19Br2NO3.C19H21ClF3N3O/c1-22(2)17(12-19(23)24)20(22)21(26)28-18(13-25)14-7-6-10-16(11-14)27-15-8-4-3-5-9-15;1-10(2)14-7-4-12(20)8-11(14)9-26(13-5-6-13)19(27)15-16(17(21)22)24-25(3)18(15)23/h3-12,17-18,20H,1-2H3;4,7-8,10,13,17H,5-6,9H2,1-3H3/t17-,18+,20-;/m0./s1. The predicted octanol–water partition coefficient (Wildman–Crippen LogP) is 11.6. The fourth-order valence-electron chi connectivity index (χ4n) is 6.53. The molecule has 8 nitrogen and oxygen atoms in total. The Bertz CT molecular complexity index is 2100. The van der Waals surface area contributed by atoms with Crippen LogP contribution < -0.4 is 4.74 Å². The fraction of sp³-hybridized carbons (Fsp3) is 0.366. The summed E-state index contributed by atoms with van der Waals surface area (Å²) in [5.41, 5.74) is 0.756. The molecule has 0 radical (unpaired) electrons. The number of rotatable bonds is 12. The molecule has 6 rings (SSSR count). The maximum Gasteiger partial charge on any atom is 0.311 e. The maximum atomic E-state index is 14.4. The van der Waals surface area contributed by atoms with E-state index in [1.165, 1.54) is 11.9 Å². The highest BCUT2D eigenvalue weighted by Gasteiger charge is 2.62. The molecular weight excluding hydrogens is 865 g/mol. The lowest BCUT2D eigenvalue weighted by Gasteiger charge is -2.25. The number of nitrogens with zero attached hydrogens (tertiary/aromatic N) is 4. The topological polar surface area (TPSA) is 97.5 Å². The molecule has 2 aliphatic rings. The Morgan fingerprint density at radius 3 is 2.35 bits per heavy atom. The summed E-state index contributed by atoms with van der Waals surface area (Å²) >= 11 is 12.8. The molecule has 1 aromatic heterocycles. The largest absolute Gasteiger partial charge is 0.457 e. The number of aromatic nitrogens is 2. The van der Waals surface area contributed by atoms with E-state index in [1.807, 2.05) is 70.2 Å². The molecule has 3 atom stereocenters. The average molecular weight is 905 g/mol. The highest BCUT2D eigenvalue weighted by atomic mass is 79.9. The normalized spacial score (nSPS) is 17.4. The van der Waals surface area contributed by atoms with Crippen LogP contribution in [0.25, 0.3) is 0 Å². The zero-order valence-corrected chi connectivity index (χ0v) is 34.7. The van der Waals surface area contributed by atoms with Gasteiger partial charge in [-0.25, -0.2) is 13.5 Å². The minimum absolute atomic E-state index is 0.0563. The van der Waals surface area contributed by atoms with Crippen LogP contribution in [0.4, 0.5) is 13.2 Å². The van der Waals surface area contributed by atoms with Crippen LogP contribution in [0.3, 0.4) is 0 Å². The van der Waals surface area contributed by atoms with E-state index in [-0.39, 0.29) is 41.7 Å². The Kier molecular flexibility index (Phi) is 13.6. The van der Waals surface area contributed by atoms with Crippen LogP contribution in [0.1, 0.15) is 91.7 Å². The molecule has 0 bridgehead atoms. The quantitative estimate of drug-likeness (QED) is 0.131. The molecule has 14 heteroatoms. The third-order valence-electron chi connectivity index (χ3n) is 9.70. The van der Waals surface area contributed by atoms with Crippen molar-refractivity contribution in [1.29, 1.82) is 5.26 Å². The molecule has 0 spiro atoms. The van der Waals surface area contributed by atoms with Crippen LogP contribution in [0, 0.1) is 34.5 Å². The highest BCUT2D eigenvalue weighted by molar-refractivity contribution is 9.28. The Morgan fingerprint density at radius 1 is 1.07 bits per heavy atom. The second kappa shape index (κ2) is 17.8. The Morgan fingerprint density at radius 2 is 1.75 bits per heavy atom. The Hall–Kier alpha value is -4.12. The summed E-state index contributed by atoms with van der Waals surface area (Å²) in [5, 5.41) is 13.6. The van der Waals surface area contributed by atoms with E-state index < -0.39 is 35.6 Å². The molecular formula is C41H40Br2ClF3N4O4. The summed E-state index contributed by atoms with van der Waals surface area (Å²) in [6, 6.07) is 23.8. The van der Waals surface area contributed by atoms with Crippen molar-refractivity contribution in [1.82, 2.24) is 14.7 Å². The number of alkyl halides is 2. The van der Waals surface area contributed by atoms with E-state index in [0.717, 1.165) is 27.4 Å². The van der Waals surface area contributed by atoms with Gasteiger partial charge >= 0.3 is 5.97 Å². The average Bonchev–Trinajstić information content (AvgIpc) is 4.03. The van der Waals surface area contributed by atoms with Gasteiger partial charge in [-0.3, -0.25) is 9.59 Å². The van der Waals surface area contributed by atoms with Crippen molar-refractivity contribution in [3.05, 3.63) is 121 Å². The van der Waals surface area contributed by atoms with Crippen LogP contribution in [0.15, 0.2) is 82.3 Å². The van der Waals surface area contributed by atoms with Crippen molar-refractivity contribution in [3.63, 3.8) is 0 Å². The first-order valence-electron chi connectivity index (χ1n) is 17.6. The number of halogens is 6. The molecule has 3 aromatic carbocycles. The summed E-state index contributed by atoms with van der Waals surface area (Å²) in [5.74, 6) is -0.925. The molecule has 0 aliphatic heterocycles. The number of ether oxygens (including phenoxy) is 2. The van der Waals surface area contributed by atoms with Gasteiger partial charge in [0.25, 0.3) is 12.3 Å². The van der Waals surface area contributed by atoms with Crippen LogP contribution in [-0.2, 0) is 23.1 Å². The van der Waals surface area contributed by atoms with Gasteiger partial charge in [0.1, 0.15) is 28.8 Å². The van der Waals surface area contributed by atoms with Gasteiger partial charge < -0.3 is 14.4 Å². The SMILES string of the molecule is CC(C)c1ccc(Cl)cc1CN(C(=O)c1c(C(F)F)nn(C)c1F)C1CC1.CC1(C)[C@H](C(=O)O[C@H](C#N)c2cccc(Oc3ccccc3)c2)[C@@H]1C=C(Br)Br. The molecule has 2 fully saturated rings. The number of carbonyl (C=O) groups is 2. The van der Waals surface area contributed by atoms with Gasteiger partial charge in [0.05, 0.1) is 9.31 Å². The van der Waals surface area contributed by atoms with E-state index in [9.17, 15) is 28.0 Å². The van der Waals surface area contributed by atoms with E-state index in [1.54, 1.807) is 36.4 Å². The number of benzene rings is 3. The second-order valence-corrected chi connectivity index (χ2v) is 17.6. The molecule has 1 amide bonds. The summed E-state index contributed by atoms with van der Waals surface area (Å²) in [7, 11) is 1.20. The molecule has 290 valence electrons. The summed E-state index contributed by atoms with van der Waals surface area (Å²) in [6.45, 7) is 8.25. The van der Waals surface area contributed by atoms with Crippen molar-refractivity contribution < 1.29 is 32.2 Å². The van der Waals surface area contributed by atoms with Gasteiger partial charge in [0.2, 0.25) is 12.1 Å². The highest BCUT2D eigenvalue weighted by Crippen LogP contribution is 2.60. The molecule has 2 aliphatic carbocycles. The van der Waals surface area contributed by atoms with Crippen LogP contribution in [0.2, 0.25) is 5.02 Å². The summed E-state index contributed by atoms with van der Waals surface area (Å²) in [4.78, 5) is 27.2. The first kappa shape index (κ1) is 42.0. The van der Waals surface area contributed by atoms with Gasteiger partial charge in [-0.2, -0.15) is 14.8 Å². The Balaban J connectivity index is 0.000000211. The lowest BCUT2D eigenvalue weighted by atomic mass is 9.96. The van der Waals surface area contributed by atoms with Crippen LogP contribution in [-0.4, -0.2) is 32.6 Å². The van der Waals surface area contributed by atoms with E-state index >= 15 is 0 Å². The molecule has 1 heterocycles. The van der Waals surface area contributed by atoms with Crippen molar-refractivity contribution in [2.24, 2.45) is 24.3 Å². The van der Waals surface area contributed by atoms with Crippen molar-refractivity contribution in [3.8, 4) is 17.6 Å². The zero-order chi connectivity index (χ0) is 40.2. The number of aryl methyl sites for hydroxylation is 1. The third-order valence-corrected chi connectivity index (χ3v) is 10.5. The molecule has 4 aromatic rings.